The van der Waals surface area contributed by atoms with Crippen molar-refractivity contribution in [2.24, 2.45) is 5.92 Å². The van der Waals surface area contributed by atoms with Crippen molar-refractivity contribution in [2.75, 3.05) is 38.2 Å². The summed E-state index contributed by atoms with van der Waals surface area (Å²) in [4.78, 5) is 15.9. The Morgan fingerprint density at radius 3 is 2.46 bits per heavy atom. The Morgan fingerprint density at radius 1 is 1.02 bits per heavy atom. The molecule has 0 radical (unpaired) electrons. The number of nitrogens with one attached hydrogen (secondary N) is 1. The van der Waals surface area contributed by atoms with Gasteiger partial charge in [-0.15, -0.1) is 5.10 Å². The lowest BCUT2D eigenvalue weighted by Crippen LogP contribution is -2.51. The Bertz CT molecular complexity index is 1610. The molecular formula is C34H44ClN9O4. The lowest BCUT2D eigenvalue weighted by molar-refractivity contribution is -0.0852. The van der Waals surface area contributed by atoms with Gasteiger partial charge >= 0.3 is 0 Å². The normalized spacial score (nSPS) is 24.2. The van der Waals surface area contributed by atoms with Crippen molar-refractivity contribution in [3.63, 3.8) is 0 Å². The van der Waals surface area contributed by atoms with Crippen LogP contribution in [0.3, 0.4) is 0 Å². The highest BCUT2D eigenvalue weighted by Crippen LogP contribution is 2.36. The summed E-state index contributed by atoms with van der Waals surface area (Å²) in [7, 11) is 0. The van der Waals surface area contributed by atoms with Crippen molar-refractivity contribution in [3.8, 4) is 22.8 Å². The van der Waals surface area contributed by atoms with Gasteiger partial charge in [0.2, 0.25) is 5.95 Å². The molecule has 7 rings (SSSR count). The largest absolute Gasteiger partial charge is 0.487 e. The van der Waals surface area contributed by atoms with Gasteiger partial charge in [0, 0.05) is 43.0 Å². The summed E-state index contributed by atoms with van der Waals surface area (Å²) in [5.74, 6) is 1.98. The van der Waals surface area contributed by atoms with E-state index in [0.717, 1.165) is 68.8 Å². The van der Waals surface area contributed by atoms with Gasteiger partial charge in [-0.1, -0.05) is 17.7 Å². The van der Waals surface area contributed by atoms with Crippen LogP contribution in [0.2, 0.25) is 5.02 Å². The van der Waals surface area contributed by atoms with Gasteiger partial charge in [0.05, 0.1) is 55.8 Å². The maximum atomic E-state index is 6.47. The van der Waals surface area contributed by atoms with Gasteiger partial charge in [-0.3, -0.25) is 9.58 Å². The molecule has 48 heavy (non-hydrogen) atoms. The van der Waals surface area contributed by atoms with Crippen LogP contribution in [0.25, 0.3) is 11.1 Å². The average Bonchev–Trinajstić information content (AvgIpc) is 3.71. The van der Waals surface area contributed by atoms with E-state index in [2.05, 4.69) is 48.8 Å². The number of benzene rings is 1. The van der Waals surface area contributed by atoms with E-state index in [9.17, 15) is 0 Å². The molecule has 4 aromatic rings. The molecule has 0 spiro atoms. The molecule has 3 aliphatic rings. The topological polar surface area (TPSA) is 127 Å². The minimum atomic E-state index is -0.163. The summed E-state index contributed by atoms with van der Waals surface area (Å²) in [6, 6.07) is 6.56. The predicted octanol–water partition coefficient (Wildman–Crippen LogP) is 5.41. The van der Waals surface area contributed by atoms with Crippen molar-refractivity contribution in [3.05, 3.63) is 54.5 Å². The zero-order chi connectivity index (χ0) is 33.0. The van der Waals surface area contributed by atoms with E-state index in [1.807, 2.05) is 31.3 Å². The fourth-order valence-electron chi connectivity index (χ4n) is 6.82. The molecule has 3 aromatic heterocycles. The van der Waals surface area contributed by atoms with E-state index in [0.29, 0.717) is 53.8 Å². The maximum Gasteiger partial charge on any atom is 0.256 e. The standard InChI is InChI=1S/C34H44ClN9O4/c1-22-13-42(14-23(2)47-22)28-5-7-29(8-6-28)44-16-31(33(41-44)46-19-25-17-45-18-25)40-34-37-11-27(12-38-34)26-4-9-30(35)32(10-26)48-24(3)15-43-21-36-20-39-43/h4,9-12,16,20-25,28-29H,5-8,13-15,17-19H2,1-3H3,(H,37,38,40)/t22-,23+,24-,28?,29?/m0/s1. The van der Waals surface area contributed by atoms with Crippen molar-refractivity contribution in [1.82, 2.24) is 39.4 Å². The first-order chi connectivity index (χ1) is 23.4. The highest BCUT2D eigenvalue weighted by molar-refractivity contribution is 6.32. The fraction of sp³-hybridized carbons (Fsp3) is 0.559. The van der Waals surface area contributed by atoms with E-state index in [-0.39, 0.29) is 18.3 Å². The Labute approximate surface area is 285 Å². The number of morpholine rings is 1. The maximum absolute atomic E-state index is 6.47. The van der Waals surface area contributed by atoms with Crippen LogP contribution in [-0.4, -0.2) is 96.7 Å². The van der Waals surface area contributed by atoms with Crippen molar-refractivity contribution < 1.29 is 18.9 Å². The van der Waals surface area contributed by atoms with Crippen LogP contribution in [0.5, 0.6) is 11.6 Å². The number of hydrogen-bond donors (Lipinski definition) is 1. The number of ether oxygens (including phenoxy) is 4. The minimum absolute atomic E-state index is 0.163. The lowest BCUT2D eigenvalue weighted by Gasteiger charge is -2.42. The van der Waals surface area contributed by atoms with E-state index in [4.69, 9.17) is 35.6 Å². The third-order valence-corrected chi connectivity index (χ3v) is 9.58. The number of anilines is 2. The van der Waals surface area contributed by atoms with Crippen LogP contribution < -0.4 is 14.8 Å². The summed E-state index contributed by atoms with van der Waals surface area (Å²) in [5.41, 5.74) is 2.48. The first-order valence-corrected chi connectivity index (χ1v) is 17.3. The van der Waals surface area contributed by atoms with Crippen molar-refractivity contribution >= 4 is 23.2 Å². The number of nitrogens with zero attached hydrogens (tertiary/aromatic N) is 8. The number of hydrogen-bond acceptors (Lipinski definition) is 11. The summed E-state index contributed by atoms with van der Waals surface area (Å²) in [6.07, 6.45) is 13.6. The van der Waals surface area contributed by atoms with Crippen LogP contribution in [0.4, 0.5) is 11.6 Å². The molecule has 1 aromatic carbocycles. The molecule has 0 bridgehead atoms. The quantitative estimate of drug-likeness (QED) is 0.207. The summed E-state index contributed by atoms with van der Waals surface area (Å²) in [6.45, 7) is 10.9. The predicted molar refractivity (Wildman–Crippen MR) is 181 cm³/mol. The number of halogens is 1. The number of rotatable bonds is 12. The molecule has 1 N–H and O–H groups in total. The summed E-state index contributed by atoms with van der Waals surface area (Å²) >= 11 is 6.47. The SMILES string of the molecule is C[C@@H]1CN(C2CCC(n3cc(Nc4ncc(-c5ccc(Cl)c(O[C@@H](C)Cn6cncn6)c5)cn4)c(OCC4COC4)n3)CC2)C[C@H](C)O1. The van der Waals surface area contributed by atoms with Crippen LogP contribution >= 0.6 is 11.6 Å². The van der Waals surface area contributed by atoms with Crippen LogP contribution in [-0.2, 0) is 16.0 Å². The summed E-state index contributed by atoms with van der Waals surface area (Å²) < 4.78 is 27.5. The smallest absolute Gasteiger partial charge is 0.256 e. The third kappa shape index (κ3) is 7.91. The van der Waals surface area contributed by atoms with Gasteiger partial charge in [-0.25, -0.2) is 19.6 Å². The zero-order valence-corrected chi connectivity index (χ0v) is 28.5. The summed E-state index contributed by atoms with van der Waals surface area (Å²) in [5, 5.41) is 13.0. The molecule has 2 saturated heterocycles. The second-order valence-electron chi connectivity index (χ2n) is 13.3. The average molecular weight is 678 g/mol. The molecule has 5 heterocycles. The molecule has 2 aliphatic heterocycles. The second kappa shape index (κ2) is 14.8. The van der Waals surface area contributed by atoms with Crippen LogP contribution in [0, 0.1) is 5.92 Å². The molecule has 0 amide bonds. The zero-order valence-electron chi connectivity index (χ0n) is 27.7. The molecule has 3 fully saturated rings. The third-order valence-electron chi connectivity index (χ3n) is 9.27. The molecule has 13 nitrogen and oxygen atoms in total. The van der Waals surface area contributed by atoms with Gasteiger partial charge in [-0.2, -0.15) is 5.10 Å². The van der Waals surface area contributed by atoms with Gasteiger partial charge in [-0.05, 0) is 64.2 Å². The molecule has 3 atom stereocenters. The first kappa shape index (κ1) is 32.8. The van der Waals surface area contributed by atoms with Gasteiger partial charge in [0.25, 0.3) is 5.88 Å². The van der Waals surface area contributed by atoms with Crippen molar-refractivity contribution in [2.45, 2.75) is 83.4 Å². The van der Waals surface area contributed by atoms with Gasteiger partial charge < -0.3 is 24.3 Å². The minimum Gasteiger partial charge on any atom is -0.487 e. The Kier molecular flexibility index (Phi) is 10.1. The molecule has 1 aliphatic carbocycles. The Balaban J connectivity index is 1.01. The van der Waals surface area contributed by atoms with Gasteiger partial charge in [0.15, 0.2) is 0 Å². The molecule has 256 valence electrons. The highest BCUT2D eigenvalue weighted by atomic mass is 35.5. The van der Waals surface area contributed by atoms with Gasteiger partial charge in [0.1, 0.15) is 30.2 Å². The molecule has 14 heteroatoms. The first-order valence-electron chi connectivity index (χ1n) is 16.9. The Morgan fingerprint density at radius 2 is 1.77 bits per heavy atom. The van der Waals surface area contributed by atoms with Crippen molar-refractivity contribution in [1.29, 1.82) is 0 Å². The molecule has 0 unspecified atom stereocenters. The monoisotopic (exact) mass is 677 g/mol. The van der Waals surface area contributed by atoms with E-state index in [1.54, 1.807) is 23.4 Å². The number of aromatic nitrogens is 7. The van der Waals surface area contributed by atoms with E-state index in [1.165, 1.54) is 6.33 Å². The highest BCUT2D eigenvalue weighted by Gasteiger charge is 2.32. The van der Waals surface area contributed by atoms with Crippen LogP contribution in [0.1, 0.15) is 52.5 Å². The molecule has 1 saturated carbocycles. The lowest BCUT2D eigenvalue weighted by atomic mass is 9.89. The van der Waals surface area contributed by atoms with E-state index >= 15 is 0 Å². The Hall–Kier alpha value is -3.78. The van der Waals surface area contributed by atoms with E-state index < -0.39 is 0 Å². The second-order valence-corrected chi connectivity index (χ2v) is 13.7. The van der Waals surface area contributed by atoms with Crippen LogP contribution in [0.15, 0.2) is 49.4 Å². The fourth-order valence-corrected chi connectivity index (χ4v) is 6.98. The molecular weight excluding hydrogens is 634 g/mol.